The Bertz CT molecular complexity index is 3210. The van der Waals surface area contributed by atoms with Gasteiger partial charge in [-0.3, -0.25) is 19.2 Å². The number of rotatable bonds is 33. The molecular formula is C68H75N3O15S. The van der Waals surface area contributed by atoms with Crippen molar-refractivity contribution in [3.63, 3.8) is 0 Å². The first kappa shape index (κ1) is 64.2. The predicted octanol–water partition coefficient (Wildman–Crippen LogP) is 13.2. The molecule has 0 bridgehead atoms. The van der Waals surface area contributed by atoms with E-state index in [4.69, 9.17) is 52.7 Å². The van der Waals surface area contributed by atoms with Gasteiger partial charge in [-0.15, -0.1) is 0 Å². The molecule has 0 N–H and O–H groups in total. The lowest BCUT2D eigenvalue weighted by Gasteiger charge is -2.26. The lowest BCUT2D eigenvalue weighted by molar-refractivity contribution is -0.145. The highest BCUT2D eigenvalue weighted by Crippen LogP contribution is 2.36. The zero-order chi connectivity index (χ0) is 61.0. The molecule has 1 heterocycles. The van der Waals surface area contributed by atoms with Crippen LogP contribution in [0, 0.1) is 23.7 Å². The first-order valence-corrected chi connectivity index (χ1v) is 30.7. The number of hydrogen-bond acceptors (Lipinski definition) is 19. The van der Waals surface area contributed by atoms with E-state index in [0.29, 0.717) is 124 Å². The quantitative estimate of drug-likeness (QED) is 0.00935. The molecule has 0 unspecified atom stereocenters. The first-order chi connectivity index (χ1) is 42.5. The number of nitrogens with zero attached hydrogens (tertiary/aromatic N) is 3. The smallest absolute Gasteiger partial charge is 0.330 e. The van der Waals surface area contributed by atoms with Crippen LogP contribution in [0.5, 0.6) is 40.2 Å². The molecule has 1 aromatic heterocycles. The van der Waals surface area contributed by atoms with Crippen LogP contribution in [0.1, 0.15) is 108 Å². The number of hydrazone groups is 1. The van der Waals surface area contributed by atoms with Gasteiger partial charge in [-0.25, -0.2) is 19.6 Å². The van der Waals surface area contributed by atoms with Gasteiger partial charge >= 0.3 is 35.8 Å². The van der Waals surface area contributed by atoms with Crippen LogP contribution in [0.25, 0.3) is 10.2 Å². The minimum atomic E-state index is -0.494. The van der Waals surface area contributed by atoms with E-state index < -0.39 is 47.5 Å². The Hall–Kier alpha value is -8.84. The Morgan fingerprint density at radius 3 is 1.38 bits per heavy atom. The zero-order valence-corrected chi connectivity index (χ0v) is 49.7. The second-order valence-corrected chi connectivity index (χ2v) is 22.2. The van der Waals surface area contributed by atoms with E-state index >= 15 is 0 Å². The summed E-state index contributed by atoms with van der Waals surface area (Å²) in [5.74, 6) is -1.01. The van der Waals surface area contributed by atoms with Crippen molar-refractivity contribution in [3.05, 3.63) is 152 Å². The summed E-state index contributed by atoms with van der Waals surface area (Å²) >= 11 is 1.46. The summed E-state index contributed by atoms with van der Waals surface area (Å²) in [6, 6.07) is 35.8. The maximum Gasteiger partial charge on any atom is 0.330 e. The van der Waals surface area contributed by atoms with Gasteiger partial charge in [0, 0.05) is 17.7 Å². The molecule has 19 heteroatoms. The number of carbonyl (C=O) groups is 6. The third-order valence-electron chi connectivity index (χ3n) is 14.9. The van der Waals surface area contributed by atoms with Gasteiger partial charge in [0.15, 0.2) is 0 Å². The first-order valence-electron chi connectivity index (χ1n) is 29.9. The van der Waals surface area contributed by atoms with Crippen molar-refractivity contribution in [1.82, 2.24) is 4.98 Å². The predicted molar refractivity (Wildman–Crippen MR) is 329 cm³/mol. The highest BCUT2D eigenvalue weighted by atomic mass is 32.1. The molecule has 0 saturated heterocycles. The Balaban J connectivity index is 0.849. The average Bonchev–Trinajstić information content (AvgIpc) is 3.61. The van der Waals surface area contributed by atoms with Crippen LogP contribution in [-0.2, 0) is 38.2 Å². The summed E-state index contributed by atoms with van der Waals surface area (Å²) in [5, 5.41) is 7.21. The minimum Gasteiger partial charge on any atom is -0.494 e. The normalized spacial score (nSPS) is 16.4. The Kier molecular flexibility index (Phi) is 25.3. The van der Waals surface area contributed by atoms with E-state index in [-0.39, 0.29) is 30.0 Å². The standard InChI is InChI=1S/C68H75N3O15S/c1-3-62(72)81-43-16-7-5-14-41-78-54-30-34-56(35-31-54)83-64(74)48-22-24-50(25-23-48)66(76)85-58-38-39-60(52(46-58)47-69-71(40-45-80-53-18-10-9-11-19-53)68-70-59-20-12-13-21-61(59)87-68)86-67(77)51-28-26-49(27-29-51)65(75)84-57-36-32-55(33-37-57)79-42-15-6-8-17-44-82-63(73)4-2/h3-4,9-13,18-21,30-39,46-51H,1-2,5-8,14-17,22-29,40-45H2/b69-47+. The molecule has 87 heavy (non-hydrogen) atoms. The minimum absolute atomic E-state index is 0.196. The van der Waals surface area contributed by atoms with E-state index in [2.05, 4.69) is 13.2 Å². The number of carbonyl (C=O) groups excluding carboxylic acids is 6. The summed E-state index contributed by atoms with van der Waals surface area (Å²) in [7, 11) is 0. The monoisotopic (exact) mass is 1210 g/mol. The maximum absolute atomic E-state index is 14.0. The number of unbranched alkanes of at least 4 members (excludes halogenated alkanes) is 6. The molecule has 458 valence electrons. The second-order valence-electron chi connectivity index (χ2n) is 21.2. The second kappa shape index (κ2) is 34.3. The van der Waals surface area contributed by atoms with E-state index in [1.54, 1.807) is 78.0 Å². The fraction of sp³-hybridized carbons (Fsp3) is 0.382. The van der Waals surface area contributed by atoms with Crippen molar-refractivity contribution in [2.45, 2.75) is 103 Å². The molecule has 18 nitrogen and oxygen atoms in total. The van der Waals surface area contributed by atoms with Gasteiger partial charge in [0.1, 0.15) is 46.9 Å². The maximum atomic E-state index is 14.0. The zero-order valence-electron chi connectivity index (χ0n) is 48.9. The highest BCUT2D eigenvalue weighted by Gasteiger charge is 2.34. The van der Waals surface area contributed by atoms with Gasteiger partial charge in [0.05, 0.1) is 73.1 Å². The molecule has 2 aliphatic rings. The van der Waals surface area contributed by atoms with Gasteiger partial charge in [-0.2, -0.15) is 5.10 Å². The number of ether oxygens (including phenoxy) is 9. The summed E-state index contributed by atoms with van der Waals surface area (Å²) in [6.07, 6.45) is 14.1. The topological polar surface area (TPSA) is 214 Å². The number of fused-ring (bicyclic) bond motifs is 1. The van der Waals surface area contributed by atoms with Crippen molar-refractivity contribution < 1.29 is 71.4 Å². The molecular weight excluding hydrogens is 1130 g/mol. The third-order valence-corrected chi connectivity index (χ3v) is 15.9. The number of aromatic nitrogens is 1. The Morgan fingerprint density at radius 2 is 0.885 bits per heavy atom. The van der Waals surface area contributed by atoms with Crippen LogP contribution in [0.15, 0.2) is 152 Å². The summed E-state index contributed by atoms with van der Waals surface area (Å²) in [5.41, 5.74) is 1.17. The van der Waals surface area contributed by atoms with Crippen LogP contribution in [0.2, 0.25) is 0 Å². The van der Waals surface area contributed by atoms with E-state index in [9.17, 15) is 28.8 Å². The van der Waals surface area contributed by atoms with Gasteiger partial charge in [0.25, 0.3) is 0 Å². The van der Waals surface area contributed by atoms with Crippen LogP contribution >= 0.6 is 11.3 Å². The largest absolute Gasteiger partial charge is 0.494 e. The van der Waals surface area contributed by atoms with Crippen molar-refractivity contribution in [2.24, 2.45) is 28.8 Å². The van der Waals surface area contributed by atoms with Crippen LogP contribution < -0.4 is 38.2 Å². The highest BCUT2D eigenvalue weighted by molar-refractivity contribution is 7.22. The summed E-state index contributed by atoms with van der Waals surface area (Å²) in [6.45, 7) is 9.14. The van der Waals surface area contributed by atoms with Crippen molar-refractivity contribution in [3.8, 4) is 40.2 Å². The number of anilines is 1. The third kappa shape index (κ3) is 21.0. The van der Waals surface area contributed by atoms with Crippen molar-refractivity contribution >= 4 is 68.7 Å². The van der Waals surface area contributed by atoms with Crippen molar-refractivity contribution in [1.29, 1.82) is 0 Å². The molecule has 2 aliphatic carbocycles. The molecule has 0 atom stereocenters. The average molecular weight is 1210 g/mol. The molecule has 8 rings (SSSR count). The fourth-order valence-electron chi connectivity index (χ4n) is 9.94. The number of para-hydroxylation sites is 2. The number of esters is 6. The van der Waals surface area contributed by atoms with E-state index in [1.807, 2.05) is 54.6 Å². The van der Waals surface area contributed by atoms with E-state index in [0.717, 1.165) is 73.7 Å². The van der Waals surface area contributed by atoms with Crippen LogP contribution in [0.3, 0.4) is 0 Å². The van der Waals surface area contributed by atoms with Gasteiger partial charge in [0.2, 0.25) is 5.13 Å². The fourth-order valence-corrected chi connectivity index (χ4v) is 10.9. The van der Waals surface area contributed by atoms with Crippen molar-refractivity contribution in [2.75, 3.05) is 44.6 Å². The lowest BCUT2D eigenvalue weighted by Crippen LogP contribution is -2.30. The molecule has 0 radical (unpaired) electrons. The number of hydrogen-bond donors (Lipinski definition) is 0. The summed E-state index contributed by atoms with van der Waals surface area (Å²) in [4.78, 5) is 81.7. The molecule has 6 aromatic rings. The molecule has 5 aromatic carbocycles. The lowest BCUT2D eigenvalue weighted by atomic mass is 9.82. The van der Waals surface area contributed by atoms with Gasteiger partial charge in [-0.05, 0) is 194 Å². The Morgan fingerprint density at radius 1 is 0.471 bits per heavy atom. The molecule has 0 spiro atoms. The van der Waals surface area contributed by atoms with Crippen LogP contribution in [-0.4, -0.2) is 86.6 Å². The number of thiazole rings is 1. The summed E-state index contributed by atoms with van der Waals surface area (Å²) < 4.78 is 52.4. The van der Waals surface area contributed by atoms with E-state index in [1.165, 1.54) is 11.3 Å². The molecule has 0 aliphatic heterocycles. The molecule has 2 saturated carbocycles. The van der Waals surface area contributed by atoms with Gasteiger partial charge < -0.3 is 42.6 Å². The Labute approximate surface area is 511 Å². The van der Waals surface area contributed by atoms with Gasteiger partial charge in [-0.1, -0.05) is 54.8 Å². The molecule has 0 amide bonds. The molecule has 2 fully saturated rings. The van der Waals surface area contributed by atoms with Crippen LogP contribution in [0.4, 0.5) is 5.13 Å². The SMILES string of the molecule is C=CC(=O)OCCCCCCOc1ccc(OC(=O)C2CCC(C(=O)Oc3ccc(OC(=O)C4CCC(C(=O)Oc5ccc(OCCCCCCOC(=O)C=C)cc5)CC4)c(/C=N/N(CCOc4ccccc4)c4nc5ccccc5s4)c3)CC2)cc1. The number of benzene rings is 5.